The largest absolute Gasteiger partial charge is 0.497 e. The summed E-state index contributed by atoms with van der Waals surface area (Å²) < 4.78 is 15.5. The molecule has 0 aromatic heterocycles. The van der Waals surface area contributed by atoms with Crippen molar-refractivity contribution in [3.8, 4) is 11.5 Å². The molecule has 0 N–H and O–H groups in total. The molecule has 104 valence electrons. The van der Waals surface area contributed by atoms with E-state index in [-0.39, 0.29) is 12.6 Å². The molecule has 0 saturated heterocycles. The Bertz CT molecular complexity index is 409. The van der Waals surface area contributed by atoms with Crippen molar-refractivity contribution in [2.24, 2.45) is 0 Å². The van der Waals surface area contributed by atoms with Crippen molar-refractivity contribution in [1.29, 1.82) is 0 Å². The van der Waals surface area contributed by atoms with E-state index in [4.69, 9.17) is 14.2 Å². The van der Waals surface area contributed by atoms with Gasteiger partial charge in [0.2, 0.25) is 0 Å². The van der Waals surface area contributed by atoms with Gasteiger partial charge in [-0.15, -0.1) is 0 Å². The summed E-state index contributed by atoms with van der Waals surface area (Å²) >= 11 is 0. The van der Waals surface area contributed by atoms with E-state index < -0.39 is 0 Å². The fraction of sp³-hybridized carbons (Fsp3) is 0.400. The molecule has 0 heterocycles. The Kier molecular flexibility index (Phi) is 6.50. The van der Waals surface area contributed by atoms with E-state index >= 15 is 0 Å². The molecule has 0 aliphatic heterocycles. The lowest BCUT2D eigenvalue weighted by Crippen LogP contribution is -2.08. The van der Waals surface area contributed by atoms with Gasteiger partial charge in [0.15, 0.2) is 0 Å². The highest BCUT2D eigenvalue weighted by Gasteiger charge is 2.03. The van der Waals surface area contributed by atoms with Crippen molar-refractivity contribution < 1.29 is 19.0 Å². The number of carbonyl (C=O) groups excluding carboxylic acids is 1. The molecule has 4 nitrogen and oxygen atoms in total. The Morgan fingerprint density at radius 3 is 2.42 bits per heavy atom. The first-order valence-corrected chi connectivity index (χ1v) is 6.18. The molecule has 4 heteroatoms. The van der Waals surface area contributed by atoms with Crippen LogP contribution >= 0.6 is 0 Å². The van der Waals surface area contributed by atoms with Gasteiger partial charge in [0.1, 0.15) is 18.1 Å². The predicted molar refractivity (Wildman–Crippen MR) is 73.5 cm³/mol. The quantitative estimate of drug-likeness (QED) is 0.411. The standard InChI is InChI=1S/C15H20O4/c1-12(2)11-19-15(16)5-4-10-18-14-8-6-13(17-3)7-9-14/h6-9H,1,4-5,10-11H2,2-3H3. The van der Waals surface area contributed by atoms with Gasteiger partial charge in [-0.1, -0.05) is 6.58 Å². The highest BCUT2D eigenvalue weighted by atomic mass is 16.5. The zero-order chi connectivity index (χ0) is 14.1. The molecule has 0 amide bonds. The minimum atomic E-state index is -0.221. The SMILES string of the molecule is C=C(C)COC(=O)CCCOc1ccc(OC)cc1. The van der Waals surface area contributed by atoms with Crippen molar-refractivity contribution in [1.82, 2.24) is 0 Å². The molecule has 0 unspecified atom stereocenters. The second kappa shape index (κ2) is 8.19. The van der Waals surface area contributed by atoms with Crippen molar-refractivity contribution in [3.63, 3.8) is 0 Å². The average Bonchev–Trinajstić information content (AvgIpc) is 2.42. The van der Waals surface area contributed by atoms with Crippen LogP contribution in [0.2, 0.25) is 0 Å². The zero-order valence-corrected chi connectivity index (χ0v) is 11.5. The predicted octanol–water partition coefficient (Wildman–Crippen LogP) is 2.97. The lowest BCUT2D eigenvalue weighted by atomic mass is 10.3. The first-order valence-electron chi connectivity index (χ1n) is 6.18. The minimum absolute atomic E-state index is 0.221. The molecule has 0 saturated carbocycles. The van der Waals surface area contributed by atoms with E-state index in [9.17, 15) is 4.79 Å². The number of esters is 1. The van der Waals surface area contributed by atoms with E-state index in [1.165, 1.54) is 0 Å². The Balaban J connectivity index is 2.16. The van der Waals surface area contributed by atoms with Crippen LogP contribution in [0.3, 0.4) is 0 Å². The lowest BCUT2D eigenvalue weighted by Gasteiger charge is -2.07. The van der Waals surface area contributed by atoms with E-state index in [0.717, 1.165) is 17.1 Å². The van der Waals surface area contributed by atoms with E-state index in [2.05, 4.69) is 6.58 Å². The molecule has 0 atom stereocenters. The summed E-state index contributed by atoms with van der Waals surface area (Å²) in [7, 11) is 1.62. The summed E-state index contributed by atoms with van der Waals surface area (Å²) in [6.45, 7) is 6.26. The molecule has 0 aliphatic carbocycles. The van der Waals surface area contributed by atoms with Crippen LogP contribution in [-0.2, 0) is 9.53 Å². The molecule has 0 aliphatic rings. The molecule has 19 heavy (non-hydrogen) atoms. The summed E-state index contributed by atoms with van der Waals surface area (Å²) in [5, 5.41) is 0. The van der Waals surface area contributed by atoms with Gasteiger partial charge in [0.05, 0.1) is 13.7 Å². The summed E-state index contributed by atoms with van der Waals surface area (Å²) in [6.07, 6.45) is 0.977. The first kappa shape index (κ1) is 15.1. The monoisotopic (exact) mass is 264 g/mol. The van der Waals surface area contributed by atoms with Crippen molar-refractivity contribution in [2.75, 3.05) is 20.3 Å². The average molecular weight is 264 g/mol. The van der Waals surface area contributed by atoms with Gasteiger partial charge < -0.3 is 14.2 Å². The Morgan fingerprint density at radius 2 is 1.84 bits per heavy atom. The van der Waals surface area contributed by atoms with Gasteiger partial charge in [-0.2, -0.15) is 0 Å². The molecule has 0 radical (unpaired) electrons. The third-order valence-electron chi connectivity index (χ3n) is 2.33. The maximum atomic E-state index is 11.3. The number of hydrogen-bond acceptors (Lipinski definition) is 4. The second-order valence-electron chi connectivity index (χ2n) is 4.25. The third kappa shape index (κ3) is 6.50. The molecule has 0 spiro atoms. The molecular formula is C15H20O4. The maximum absolute atomic E-state index is 11.3. The molecule has 0 bridgehead atoms. The smallest absolute Gasteiger partial charge is 0.306 e. The molecule has 0 fully saturated rings. The van der Waals surface area contributed by atoms with Crippen LogP contribution in [0.25, 0.3) is 0 Å². The summed E-state index contributed by atoms with van der Waals surface area (Å²) in [6, 6.07) is 7.32. The van der Waals surface area contributed by atoms with Gasteiger partial charge in [-0.05, 0) is 43.2 Å². The molecule has 1 aromatic rings. The van der Waals surface area contributed by atoms with Gasteiger partial charge >= 0.3 is 5.97 Å². The molecule has 1 aromatic carbocycles. The first-order chi connectivity index (χ1) is 9.11. The Morgan fingerprint density at radius 1 is 1.21 bits per heavy atom. The van der Waals surface area contributed by atoms with E-state index in [1.54, 1.807) is 7.11 Å². The van der Waals surface area contributed by atoms with E-state index in [1.807, 2.05) is 31.2 Å². The normalized spacial score (nSPS) is 9.79. The minimum Gasteiger partial charge on any atom is -0.497 e. The van der Waals surface area contributed by atoms with Crippen LogP contribution in [0.4, 0.5) is 0 Å². The van der Waals surface area contributed by atoms with Crippen molar-refractivity contribution in [3.05, 3.63) is 36.4 Å². The van der Waals surface area contributed by atoms with Crippen LogP contribution < -0.4 is 9.47 Å². The fourth-order valence-electron chi connectivity index (χ4n) is 1.35. The highest BCUT2D eigenvalue weighted by molar-refractivity contribution is 5.69. The van der Waals surface area contributed by atoms with Crippen LogP contribution in [0, 0.1) is 0 Å². The van der Waals surface area contributed by atoms with Crippen LogP contribution in [0.5, 0.6) is 11.5 Å². The van der Waals surface area contributed by atoms with Gasteiger partial charge in [0.25, 0.3) is 0 Å². The zero-order valence-electron chi connectivity index (χ0n) is 11.5. The lowest BCUT2D eigenvalue weighted by molar-refractivity contribution is -0.142. The Labute approximate surface area is 114 Å². The number of ether oxygens (including phenoxy) is 3. The maximum Gasteiger partial charge on any atom is 0.306 e. The summed E-state index contributed by atoms with van der Waals surface area (Å²) in [4.78, 5) is 11.3. The van der Waals surface area contributed by atoms with Crippen molar-refractivity contribution >= 4 is 5.97 Å². The summed E-state index contributed by atoms with van der Waals surface area (Å²) in [5.41, 5.74) is 0.836. The fourth-order valence-corrected chi connectivity index (χ4v) is 1.35. The number of methoxy groups -OCH3 is 1. The highest BCUT2D eigenvalue weighted by Crippen LogP contribution is 2.17. The molecule has 1 rings (SSSR count). The Hall–Kier alpha value is -1.97. The van der Waals surface area contributed by atoms with Gasteiger partial charge in [-0.3, -0.25) is 4.79 Å². The molecular weight excluding hydrogens is 244 g/mol. The van der Waals surface area contributed by atoms with Crippen LogP contribution in [-0.4, -0.2) is 26.3 Å². The van der Waals surface area contributed by atoms with Gasteiger partial charge in [-0.25, -0.2) is 0 Å². The second-order valence-corrected chi connectivity index (χ2v) is 4.25. The third-order valence-corrected chi connectivity index (χ3v) is 2.33. The summed E-state index contributed by atoms with van der Waals surface area (Å²) in [5.74, 6) is 1.33. The number of rotatable bonds is 8. The van der Waals surface area contributed by atoms with Crippen molar-refractivity contribution in [2.45, 2.75) is 19.8 Å². The number of hydrogen-bond donors (Lipinski definition) is 0. The number of benzene rings is 1. The number of carbonyl (C=O) groups is 1. The van der Waals surface area contributed by atoms with Gasteiger partial charge in [0, 0.05) is 6.42 Å². The van der Waals surface area contributed by atoms with Crippen LogP contribution in [0.1, 0.15) is 19.8 Å². The van der Waals surface area contributed by atoms with Crippen LogP contribution in [0.15, 0.2) is 36.4 Å². The topological polar surface area (TPSA) is 44.8 Å². The van der Waals surface area contributed by atoms with E-state index in [0.29, 0.717) is 19.4 Å².